The lowest BCUT2D eigenvalue weighted by Gasteiger charge is -2.34. The van der Waals surface area contributed by atoms with E-state index in [1.54, 1.807) is 6.07 Å². The molecule has 1 fully saturated rings. The molecule has 2 rings (SSSR count). The smallest absolute Gasteiger partial charge is 0.492 e. The highest BCUT2D eigenvalue weighted by Gasteiger charge is 2.40. The van der Waals surface area contributed by atoms with Crippen molar-refractivity contribution in [3.05, 3.63) is 41.3 Å². The van der Waals surface area contributed by atoms with Gasteiger partial charge in [-0.3, -0.25) is 9.53 Å². The predicted molar refractivity (Wildman–Crippen MR) is 102 cm³/mol. The highest BCUT2D eigenvalue weighted by atomic mass is 35.5. The lowest BCUT2D eigenvalue weighted by molar-refractivity contribution is -0.357. The largest absolute Gasteiger partial charge is 0.522 e. The van der Waals surface area contributed by atoms with Gasteiger partial charge >= 0.3 is 6.36 Å². The molecule has 1 amide bonds. The van der Waals surface area contributed by atoms with E-state index >= 15 is 0 Å². The Morgan fingerprint density at radius 2 is 1.93 bits per heavy atom. The van der Waals surface area contributed by atoms with Crippen molar-refractivity contribution in [3.8, 4) is 5.75 Å². The molecule has 0 heterocycles. The second-order valence-electron chi connectivity index (χ2n) is 6.64. The number of amides is 1. The molecule has 1 aliphatic carbocycles. The van der Waals surface area contributed by atoms with Crippen LogP contribution in [0.3, 0.4) is 0 Å². The van der Waals surface area contributed by atoms with Crippen molar-refractivity contribution in [2.24, 2.45) is 0 Å². The summed E-state index contributed by atoms with van der Waals surface area (Å²) in [5.41, 5.74) is 0.674. The summed E-state index contributed by atoms with van der Waals surface area (Å²) in [6, 6.07) is 4.16. The Morgan fingerprint density at radius 1 is 1.20 bits per heavy atom. The van der Waals surface area contributed by atoms with Crippen molar-refractivity contribution in [1.29, 1.82) is 0 Å². The van der Waals surface area contributed by atoms with E-state index in [-0.39, 0.29) is 37.0 Å². The van der Waals surface area contributed by atoms with Crippen LogP contribution in [-0.4, -0.2) is 50.8 Å². The van der Waals surface area contributed by atoms with E-state index in [1.165, 1.54) is 12.1 Å². The zero-order chi connectivity index (χ0) is 22.1. The van der Waals surface area contributed by atoms with Gasteiger partial charge in [0.25, 0.3) is 0 Å². The molecular formula is C19H23ClF4N2O4. The number of carbonyl (C=O) groups excluding carboxylic acids is 1. The van der Waals surface area contributed by atoms with Crippen LogP contribution >= 0.6 is 11.6 Å². The highest BCUT2D eigenvalue weighted by Crippen LogP contribution is 2.31. The SMILES string of the molecule is C=C(CCNC(=O)CO[C@H]1C[C@@H](OC(F)(F)F)C1)NCCOc1ccc(Cl)c(F)c1. The number of carbonyl (C=O) groups is 1. The van der Waals surface area contributed by atoms with Crippen LogP contribution in [0.1, 0.15) is 19.3 Å². The fourth-order valence-electron chi connectivity index (χ4n) is 2.59. The van der Waals surface area contributed by atoms with Gasteiger partial charge in [-0.2, -0.15) is 0 Å². The molecule has 0 bridgehead atoms. The van der Waals surface area contributed by atoms with Crippen molar-refractivity contribution >= 4 is 17.5 Å². The van der Waals surface area contributed by atoms with E-state index in [2.05, 4.69) is 21.9 Å². The number of ether oxygens (including phenoxy) is 3. The Labute approximate surface area is 176 Å². The Kier molecular flexibility index (Phi) is 9.19. The van der Waals surface area contributed by atoms with Crippen LogP contribution in [-0.2, 0) is 14.3 Å². The number of benzene rings is 1. The van der Waals surface area contributed by atoms with Crippen LogP contribution in [0.25, 0.3) is 0 Å². The van der Waals surface area contributed by atoms with Crippen LogP contribution in [0.15, 0.2) is 30.5 Å². The molecule has 0 radical (unpaired) electrons. The summed E-state index contributed by atoms with van der Waals surface area (Å²) in [5.74, 6) is -0.562. The number of hydrogen-bond acceptors (Lipinski definition) is 5. The van der Waals surface area contributed by atoms with E-state index in [0.29, 0.717) is 31.0 Å². The summed E-state index contributed by atoms with van der Waals surface area (Å²) < 4.78 is 63.8. The first-order chi connectivity index (χ1) is 14.1. The molecule has 30 heavy (non-hydrogen) atoms. The highest BCUT2D eigenvalue weighted by molar-refractivity contribution is 6.30. The average molecular weight is 455 g/mol. The summed E-state index contributed by atoms with van der Waals surface area (Å²) in [4.78, 5) is 11.7. The van der Waals surface area contributed by atoms with Gasteiger partial charge in [0.1, 0.15) is 24.8 Å². The van der Waals surface area contributed by atoms with Crippen LogP contribution in [0.5, 0.6) is 5.75 Å². The zero-order valence-electron chi connectivity index (χ0n) is 16.1. The van der Waals surface area contributed by atoms with E-state index in [1.807, 2.05) is 0 Å². The molecule has 1 saturated carbocycles. The Balaban J connectivity index is 1.46. The van der Waals surface area contributed by atoms with E-state index < -0.39 is 24.4 Å². The van der Waals surface area contributed by atoms with Crippen molar-refractivity contribution in [1.82, 2.24) is 10.6 Å². The fraction of sp³-hybridized carbons (Fsp3) is 0.526. The van der Waals surface area contributed by atoms with Gasteiger partial charge in [-0.1, -0.05) is 18.2 Å². The van der Waals surface area contributed by atoms with E-state index in [9.17, 15) is 22.4 Å². The van der Waals surface area contributed by atoms with Gasteiger partial charge in [-0.05, 0) is 12.1 Å². The van der Waals surface area contributed by atoms with Gasteiger partial charge in [-0.25, -0.2) is 4.39 Å². The average Bonchev–Trinajstić information content (AvgIpc) is 2.62. The molecular weight excluding hydrogens is 432 g/mol. The maximum atomic E-state index is 13.3. The van der Waals surface area contributed by atoms with Crippen LogP contribution in [0, 0.1) is 5.82 Å². The number of alkyl halides is 3. The summed E-state index contributed by atoms with van der Waals surface area (Å²) in [7, 11) is 0. The molecule has 6 nitrogen and oxygen atoms in total. The molecule has 0 aliphatic heterocycles. The summed E-state index contributed by atoms with van der Waals surface area (Å²) in [6.07, 6.45) is -5.28. The van der Waals surface area contributed by atoms with Gasteiger partial charge in [0.15, 0.2) is 0 Å². The minimum Gasteiger partial charge on any atom is -0.492 e. The Hall–Kier alpha value is -2.04. The van der Waals surface area contributed by atoms with Crippen LogP contribution in [0.4, 0.5) is 17.6 Å². The molecule has 2 N–H and O–H groups in total. The summed E-state index contributed by atoms with van der Waals surface area (Å²) in [6.45, 7) is 4.63. The molecule has 0 aromatic heterocycles. The van der Waals surface area contributed by atoms with Crippen molar-refractivity contribution in [2.75, 3.05) is 26.3 Å². The monoisotopic (exact) mass is 454 g/mol. The number of rotatable bonds is 12. The van der Waals surface area contributed by atoms with E-state index in [4.69, 9.17) is 21.1 Å². The quantitative estimate of drug-likeness (QED) is 0.373. The number of nitrogens with one attached hydrogen (secondary N) is 2. The minimum absolute atomic E-state index is 0.0219. The maximum Gasteiger partial charge on any atom is 0.522 e. The molecule has 11 heteroatoms. The van der Waals surface area contributed by atoms with Gasteiger partial charge in [0.05, 0.1) is 17.2 Å². The standard InChI is InChI=1S/C19H23ClF4N2O4/c1-12(25-6-7-28-13-2-3-16(20)17(21)10-13)4-5-26-18(27)11-29-14-8-15(9-14)30-19(22,23)24/h2-3,10,14-15,25H,1,4-9,11H2,(H,26,27)/t14-,15+. The first-order valence-electron chi connectivity index (χ1n) is 9.24. The fourth-order valence-corrected chi connectivity index (χ4v) is 2.71. The molecule has 1 aliphatic rings. The maximum absolute atomic E-state index is 13.3. The van der Waals surface area contributed by atoms with Gasteiger partial charge in [-0.15, -0.1) is 13.2 Å². The zero-order valence-corrected chi connectivity index (χ0v) is 16.8. The third kappa shape index (κ3) is 9.19. The third-order valence-corrected chi connectivity index (χ3v) is 4.49. The molecule has 0 spiro atoms. The lowest BCUT2D eigenvalue weighted by atomic mass is 9.92. The van der Waals surface area contributed by atoms with E-state index in [0.717, 1.165) is 0 Å². The number of hydrogen-bond donors (Lipinski definition) is 2. The summed E-state index contributed by atoms with van der Waals surface area (Å²) in [5, 5.41) is 5.67. The molecule has 0 unspecified atom stereocenters. The predicted octanol–water partition coefficient (Wildman–Crippen LogP) is 3.55. The minimum atomic E-state index is -4.65. The van der Waals surface area contributed by atoms with Crippen molar-refractivity contribution < 1.29 is 36.6 Å². The van der Waals surface area contributed by atoms with Crippen LogP contribution in [0.2, 0.25) is 5.02 Å². The third-order valence-electron chi connectivity index (χ3n) is 4.19. The first kappa shape index (κ1) is 24.2. The van der Waals surface area contributed by atoms with Gasteiger partial charge < -0.3 is 20.1 Å². The lowest BCUT2D eigenvalue weighted by Crippen LogP contribution is -2.42. The molecule has 0 saturated heterocycles. The normalized spacial score (nSPS) is 18.4. The van der Waals surface area contributed by atoms with Gasteiger partial charge in [0.2, 0.25) is 5.91 Å². The molecule has 1 aromatic rings. The molecule has 0 atom stereocenters. The molecule has 168 valence electrons. The van der Waals surface area contributed by atoms with Crippen molar-refractivity contribution in [3.63, 3.8) is 0 Å². The molecule has 1 aromatic carbocycles. The summed E-state index contributed by atoms with van der Waals surface area (Å²) >= 11 is 5.59. The Bertz CT molecular complexity index is 727. The number of halogens is 5. The second-order valence-corrected chi connectivity index (χ2v) is 7.05. The second kappa shape index (κ2) is 11.4. The van der Waals surface area contributed by atoms with Gasteiger partial charge in [0, 0.05) is 44.1 Å². The topological polar surface area (TPSA) is 68.8 Å². The van der Waals surface area contributed by atoms with Crippen LogP contribution < -0.4 is 15.4 Å². The first-order valence-corrected chi connectivity index (χ1v) is 9.62. The Morgan fingerprint density at radius 3 is 2.60 bits per heavy atom. The van der Waals surface area contributed by atoms with Crippen molar-refractivity contribution in [2.45, 2.75) is 37.8 Å².